The first-order chi connectivity index (χ1) is 16.4. The molecule has 1 amide bonds. The molecule has 0 aliphatic heterocycles. The largest absolute Gasteiger partial charge is 0.376 e. The molecule has 1 fully saturated rings. The summed E-state index contributed by atoms with van der Waals surface area (Å²) >= 11 is 0. The number of carbonyl (C=O) groups excluding carboxylic acids is 1. The summed E-state index contributed by atoms with van der Waals surface area (Å²) in [5.41, 5.74) is 11.2. The minimum absolute atomic E-state index is 0.0238. The molecule has 3 aromatic rings. The quantitative estimate of drug-likeness (QED) is 0.477. The second-order valence-electron chi connectivity index (χ2n) is 10.1. The Balaban J connectivity index is 1.45. The van der Waals surface area contributed by atoms with Gasteiger partial charge in [-0.25, -0.2) is 0 Å². The number of nitrogens with zero attached hydrogens (tertiary/aromatic N) is 1. The number of fused-ring (bicyclic) bond motifs is 3. The number of nitrogens with one attached hydrogen (secondary N) is 1. The first-order valence-electron chi connectivity index (χ1n) is 12.3. The van der Waals surface area contributed by atoms with Crippen molar-refractivity contribution >= 4 is 11.6 Å². The Labute approximate surface area is 201 Å². The van der Waals surface area contributed by atoms with Crippen LogP contribution in [0.25, 0.3) is 0 Å². The van der Waals surface area contributed by atoms with Gasteiger partial charge in [-0.1, -0.05) is 36.4 Å². The maximum Gasteiger partial charge on any atom is 0.255 e. The van der Waals surface area contributed by atoms with E-state index in [0.29, 0.717) is 24.3 Å². The molecule has 0 radical (unpaired) electrons. The zero-order valence-electron chi connectivity index (χ0n) is 19.8. The summed E-state index contributed by atoms with van der Waals surface area (Å²) < 4.78 is 0. The van der Waals surface area contributed by atoms with E-state index < -0.39 is 5.72 Å². The molecule has 34 heavy (non-hydrogen) atoms. The second-order valence-corrected chi connectivity index (χ2v) is 10.1. The highest BCUT2D eigenvalue weighted by Gasteiger charge is 2.50. The number of benzene rings is 2. The van der Waals surface area contributed by atoms with E-state index >= 15 is 0 Å². The van der Waals surface area contributed by atoms with Gasteiger partial charge in [-0.05, 0) is 104 Å². The van der Waals surface area contributed by atoms with Gasteiger partial charge in [0.2, 0.25) is 0 Å². The molecular weight excluding hydrogens is 422 g/mol. The van der Waals surface area contributed by atoms with Crippen LogP contribution in [0.1, 0.15) is 64.8 Å². The number of carbonyl (C=O) groups is 1. The van der Waals surface area contributed by atoms with Crippen molar-refractivity contribution in [1.82, 2.24) is 4.98 Å². The van der Waals surface area contributed by atoms with E-state index in [1.165, 1.54) is 16.7 Å². The summed E-state index contributed by atoms with van der Waals surface area (Å²) in [6, 6.07) is 20.5. The van der Waals surface area contributed by atoms with Crippen LogP contribution in [-0.4, -0.2) is 21.7 Å². The van der Waals surface area contributed by atoms with Gasteiger partial charge in [0, 0.05) is 11.8 Å². The molecule has 5 rings (SSSR count). The van der Waals surface area contributed by atoms with Crippen LogP contribution in [0.4, 0.5) is 5.69 Å². The molecule has 1 unspecified atom stereocenters. The molecule has 2 aromatic carbocycles. The second kappa shape index (κ2) is 8.97. The molecule has 5 heteroatoms. The van der Waals surface area contributed by atoms with E-state index in [-0.39, 0.29) is 11.3 Å². The first-order valence-corrected chi connectivity index (χ1v) is 12.3. The maximum absolute atomic E-state index is 13.0. The molecule has 176 valence electrons. The molecule has 5 nitrogen and oxygen atoms in total. The average Bonchev–Trinajstić information content (AvgIpc) is 2.84. The van der Waals surface area contributed by atoms with Crippen molar-refractivity contribution in [3.8, 4) is 0 Å². The Bertz CT molecular complexity index is 1190. The molecule has 2 aliphatic rings. The summed E-state index contributed by atoms with van der Waals surface area (Å²) in [5, 5.41) is 13.7. The van der Waals surface area contributed by atoms with Gasteiger partial charge < -0.3 is 16.2 Å². The summed E-state index contributed by atoms with van der Waals surface area (Å²) in [4.78, 5) is 17.3. The number of nitrogens with two attached hydrogens (primary N) is 1. The van der Waals surface area contributed by atoms with Crippen molar-refractivity contribution in [1.29, 1.82) is 0 Å². The van der Waals surface area contributed by atoms with Gasteiger partial charge in [0.1, 0.15) is 5.72 Å². The Kier molecular flexibility index (Phi) is 6.00. The van der Waals surface area contributed by atoms with Crippen LogP contribution in [-0.2, 0) is 18.3 Å². The lowest BCUT2D eigenvalue weighted by molar-refractivity contribution is -0.0479. The van der Waals surface area contributed by atoms with Gasteiger partial charge in [0.15, 0.2) is 0 Å². The van der Waals surface area contributed by atoms with Crippen LogP contribution in [0, 0.1) is 12.8 Å². The van der Waals surface area contributed by atoms with Gasteiger partial charge in [0.05, 0.1) is 11.4 Å². The smallest absolute Gasteiger partial charge is 0.255 e. The SMILES string of the molecule is Cc1ncccc1NC(=O)c1ccc2c(c1)CCC1C[C@](N)(O)CC[C@@]21CCc1ccccc1. The fourth-order valence-electron chi connectivity index (χ4n) is 6.14. The van der Waals surface area contributed by atoms with E-state index in [0.717, 1.165) is 43.5 Å². The number of pyridine rings is 1. The summed E-state index contributed by atoms with van der Waals surface area (Å²) in [6.45, 7) is 1.89. The molecule has 1 saturated carbocycles. The first kappa shape index (κ1) is 22.8. The summed E-state index contributed by atoms with van der Waals surface area (Å²) in [5.74, 6) is 0.226. The van der Waals surface area contributed by atoms with Gasteiger partial charge >= 0.3 is 0 Å². The van der Waals surface area contributed by atoms with Crippen LogP contribution in [0.5, 0.6) is 0 Å². The van der Waals surface area contributed by atoms with Crippen molar-refractivity contribution in [2.45, 2.75) is 63.0 Å². The van der Waals surface area contributed by atoms with Gasteiger partial charge in [-0.15, -0.1) is 0 Å². The normalized spacial score (nSPS) is 25.8. The highest BCUT2D eigenvalue weighted by atomic mass is 16.3. The zero-order chi connectivity index (χ0) is 23.8. The zero-order valence-corrected chi connectivity index (χ0v) is 19.8. The topological polar surface area (TPSA) is 88.2 Å². The Morgan fingerprint density at radius 3 is 2.76 bits per heavy atom. The van der Waals surface area contributed by atoms with Gasteiger partial charge in [-0.2, -0.15) is 0 Å². The van der Waals surface area contributed by atoms with Crippen molar-refractivity contribution in [2.75, 3.05) is 5.32 Å². The third-order valence-electron chi connectivity index (χ3n) is 8.01. The summed E-state index contributed by atoms with van der Waals surface area (Å²) in [6.07, 6.45) is 7.70. The number of aromatic nitrogens is 1. The van der Waals surface area contributed by atoms with Crippen molar-refractivity contribution in [2.24, 2.45) is 11.7 Å². The molecule has 1 aromatic heterocycles. The Morgan fingerprint density at radius 1 is 1.15 bits per heavy atom. The minimum Gasteiger partial charge on any atom is -0.376 e. The monoisotopic (exact) mass is 455 g/mol. The number of hydrogen-bond acceptors (Lipinski definition) is 4. The van der Waals surface area contributed by atoms with Crippen LogP contribution < -0.4 is 11.1 Å². The lowest BCUT2D eigenvalue weighted by atomic mass is 9.54. The number of anilines is 1. The van der Waals surface area contributed by atoms with Crippen molar-refractivity contribution in [3.63, 3.8) is 0 Å². The predicted octanol–water partition coefficient (Wildman–Crippen LogP) is 4.91. The molecular formula is C29H33N3O2. The fraction of sp³-hybridized carbons (Fsp3) is 0.379. The maximum atomic E-state index is 13.0. The highest BCUT2D eigenvalue weighted by molar-refractivity contribution is 6.04. The third kappa shape index (κ3) is 4.38. The van der Waals surface area contributed by atoms with E-state index in [1.807, 2.05) is 25.1 Å². The number of aryl methyl sites for hydroxylation is 3. The van der Waals surface area contributed by atoms with Crippen LogP contribution in [0.3, 0.4) is 0 Å². The van der Waals surface area contributed by atoms with Crippen LogP contribution in [0.2, 0.25) is 0 Å². The minimum atomic E-state index is -1.08. The van der Waals surface area contributed by atoms with Crippen LogP contribution >= 0.6 is 0 Å². The van der Waals surface area contributed by atoms with Crippen molar-refractivity contribution in [3.05, 3.63) is 94.8 Å². The van der Waals surface area contributed by atoms with Gasteiger partial charge in [-0.3, -0.25) is 9.78 Å². The standard InChI is InChI=1S/C29H33N3O2/c1-20-26(8-5-17-31-20)32-27(33)23-10-12-25-22(18-23)9-11-24-19-29(30,34)16-15-28(24,25)14-13-21-6-3-2-4-7-21/h2-8,10,12,17-18,24,34H,9,11,13-16,19,30H2,1H3,(H,32,33)/t24?,28-,29-/m1/s1. The molecule has 1 heterocycles. The average molecular weight is 456 g/mol. The molecule has 3 atom stereocenters. The molecule has 0 spiro atoms. The Morgan fingerprint density at radius 2 is 1.97 bits per heavy atom. The number of rotatable bonds is 5. The van der Waals surface area contributed by atoms with E-state index in [2.05, 4.69) is 52.8 Å². The van der Waals surface area contributed by atoms with E-state index in [4.69, 9.17) is 5.73 Å². The van der Waals surface area contributed by atoms with E-state index in [1.54, 1.807) is 6.20 Å². The fourth-order valence-corrected chi connectivity index (χ4v) is 6.14. The molecule has 0 saturated heterocycles. The van der Waals surface area contributed by atoms with E-state index in [9.17, 15) is 9.90 Å². The molecule has 4 N–H and O–H groups in total. The summed E-state index contributed by atoms with van der Waals surface area (Å²) in [7, 11) is 0. The van der Waals surface area contributed by atoms with Crippen molar-refractivity contribution < 1.29 is 9.90 Å². The number of amides is 1. The predicted molar refractivity (Wildman–Crippen MR) is 135 cm³/mol. The lowest BCUT2D eigenvalue weighted by Gasteiger charge is -2.52. The molecule has 0 bridgehead atoms. The molecule has 2 aliphatic carbocycles. The lowest BCUT2D eigenvalue weighted by Crippen LogP contribution is -2.54. The third-order valence-corrected chi connectivity index (χ3v) is 8.01. The van der Waals surface area contributed by atoms with Crippen LogP contribution in [0.15, 0.2) is 66.9 Å². The number of aliphatic hydroxyl groups is 1. The number of hydrogen-bond donors (Lipinski definition) is 3. The Hall–Kier alpha value is -3.02. The van der Waals surface area contributed by atoms with Gasteiger partial charge in [0.25, 0.3) is 5.91 Å². The highest BCUT2D eigenvalue weighted by Crippen LogP contribution is 2.54.